The van der Waals surface area contributed by atoms with E-state index >= 15 is 0 Å². The fraction of sp³-hybridized carbons (Fsp3) is 0.364. The number of hydrogen-bond donors (Lipinski definition) is 2. The molecule has 0 fully saturated rings. The number of hydrogen-bond acceptors (Lipinski definition) is 3. The molecule has 0 heterocycles. The third-order valence-corrected chi connectivity index (χ3v) is 2.74. The lowest BCUT2D eigenvalue weighted by Gasteiger charge is -2.08. The molecule has 0 aliphatic rings. The predicted molar refractivity (Wildman–Crippen MR) is 68.2 cm³/mol. The van der Waals surface area contributed by atoms with Crippen LogP contribution in [0.1, 0.15) is 5.56 Å². The fourth-order valence-electron chi connectivity index (χ4n) is 1.23. The molecule has 0 bridgehead atoms. The van der Waals surface area contributed by atoms with Crippen molar-refractivity contribution in [2.45, 2.75) is 6.54 Å². The highest BCUT2D eigenvalue weighted by Crippen LogP contribution is 2.23. The fourth-order valence-corrected chi connectivity index (χ4v) is 1.76. The minimum Gasteiger partial charge on any atom is -0.370 e. The van der Waals surface area contributed by atoms with Gasteiger partial charge >= 0.3 is 0 Å². The molecular weight excluding hydrogens is 263 g/mol. The molecule has 0 saturated carbocycles. The first kappa shape index (κ1) is 14.3. The molecule has 4 nitrogen and oxygen atoms in total. The van der Waals surface area contributed by atoms with E-state index in [1.807, 2.05) is 0 Å². The van der Waals surface area contributed by atoms with E-state index in [0.29, 0.717) is 29.7 Å². The Hall–Kier alpha value is -0.810. The van der Waals surface area contributed by atoms with E-state index in [1.54, 1.807) is 18.2 Å². The quantitative estimate of drug-likeness (QED) is 0.744. The Kier molecular flexibility index (Phi) is 6.29. The molecule has 94 valence electrons. The van der Waals surface area contributed by atoms with E-state index in [1.165, 1.54) is 0 Å². The van der Waals surface area contributed by atoms with Gasteiger partial charge in [0.25, 0.3) is 0 Å². The number of nitrogens with one attached hydrogen (secondary N) is 1. The van der Waals surface area contributed by atoms with Gasteiger partial charge in [0.2, 0.25) is 5.91 Å². The summed E-state index contributed by atoms with van der Waals surface area (Å²) in [5.41, 5.74) is 5.77. The molecule has 6 heteroatoms. The summed E-state index contributed by atoms with van der Waals surface area (Å²) in [6.45, 7) is 1.49. The minimum atomic E-state index is -0.473. The van der Waals surface area contributed by atoms with Crippen molar-refractivity contribution in [3.05, 3.63) is 33.8 Å². The van der Waals surface area contributed by atoms with Crippen molar-refractivity contribution in [2.24, 2.45) is 5.73 Å². The van der Waals surface area contributed by atoms with Crippen molar-refractivity contribution < 1.29 is 9.53 Å². The standard InChI is InChI=1S/C11H14Cl2N2O2/c12-9-2-1-3-10(13)8(9)6-15-4-5-17-7-11(14)16/h1-3,15H,4-7H2,(H2,14,16). The molecule has 3 N–H and O–H groups in total. The Balaban J connectivity index is 2.24. The van der Waals surface area contributed by atoms with Crippen molar-refractivity contribution >= 4 is 29.1 Å². The van der Waals surface area contributed by atoms with E-state index in [0.717, 1.165) is 5.56 Å². The number of halogens is 2. The number of primary amides is 1. The van der Waals surface area contributed by atoms with Crippen molar-refractivity contribution in [1.82, 2.24) is 5.32 Å². The highest BCUT2D eigenvalue weighted by Gasteiger charge is 2.04. The maximum atomic E-state index is 10.4. The van der Waals surface area contributed by atoms with Crippen molar-refractivity contribution in [3.63, 3.8) is 0 Å². The molecule has 0 unspecified atom stereocenters. The van der Waals surface area contributed by atoms with Crippen molar-refractivity contribution in [2.75, 3.05) is 19.8 Å². The van der Waals surface area contributed by atoms with Crippen LogP contribution in [0.2, 0.25) is 10.0 Å². The van der Waals surface area contributed by atoms with Crippen LogP contribution in [0, 0.1) is 0 Å². The van der Waals surface area contributed by atoms with Gasteiger partial charge in [0.1, 0.15) is 6.61 Å². The highest BCUT2D eigenvalue weighted by molar-refractivity contribution is 6.35. The highest BCUT2D eigenvalue weighted by atomic mass is 35.5. The largest absolute Gasteiger partial charge is 0.370 e. The predicted octanol–water partition coefficient (Wildman–Crippen LogP) is 1.58. The van der Waals surface area contributed by atoms with Crippen LogP contribution in [0.25, 0.3) is 0 Å². The van der Waals surface area contributed by atoms with Gasteiger partial charge in [-0.15, -0.1) is 0 Å². The first-order valence-corrected chi connectivity index (χ1v) is 5.86. The molecule has 0 aromatic heterocycles. The van der Waals surface area contributed by atoms with Crippen molar-refractivity contribution in [1.29, 1.82) is 0 Å². The average Bonchev–Trinajstić information content (AvgIpc) is 2.26. The summed E-state index contributed by atoms with van der Waals surface area (Å²) >= 11 is 12.0. The second kappa shape index (κ2) is 7.50. The van der Waals surface area contributed by atoms with Gasteiger partial charge in [-0.2, -0.15) is 0 Å². The Morgan fingerprint density at radius 2 is 2.00 bits per heavy atom. The van der Waals surface area contributed by atoms with Gasteiger partial charge in [-0.1, -0.05) is 29.3 Å². The number of amides is 1. The molecular formula is C11H14Cl2N2O2. The number of benzene rings is 1. The van der Waals surface area contributed by atoms with Gasteiger partial charge in [0.15, 0.2) is 0 Å². The molecule has 0 aliphatic carbocycles. The van der Waals surface area contributed by atoms with Gasteiger partial charge in [0.05, 0.1) is 6.61 Å². The Bertz CT molecular complexity index is 365. The SMILES string of the molecule is NC(=O)COCCNCc1c(Cl)cccc1Cl. The molecule has 1 aromatic rings. The van der Waals surface area contributed by atoms with E-state index in [2.05, 4.69) is 5.32 Å². The first-order chi connectivity index (χ1) is 8.11. The summed E-state index contributed by atoms with van der Waals surface area (Å²) in [7, 11) is 0. The average molecular weight is 277 g/mol. The van der Waals surface area contributed by atoms with Gasteiger partial charge < -0.3 is 15.8 Å². The number of carbonyl (C=O) groups excluding carboxylic acids is 1. The monoisotopic (exact) mass is 276 g/mol. The Morgan fingerprint density at radius 1 is 1.35 bits per heavy atom. The lowest BCUT2D eigenvalue weighted by atomic mass is 10.2. The maximum absolute atomic E-state index is 10.4. The zero-order chi connectivity index (χ0) is 12.7. The number of nitrogens with two attached hydrogens (primary N) is 1. The maximum Gasteiger partial charge on any atom is 0.243 e. The smallest absolute Gasteiger partial charge is 0.243 e. The van der Waals surface area contributed by atoms with E-state index in [4.69, 9.17) is 33.7 Å². The van der Waals surface area contributed by atoms with Crippen LogP contribution >= 0.6 is 23.2 Å². The summed E-state index contributed by atoms with van der Waals surface area (Å²) in [6.07, 6.45) is 0. The third kappa shape index (κ3) is 5.37. The Morgan fingerprint density at radius 3 is 2.59 bits per heavy atom. The molecule has 1 amide bonds. The van der Waals surface area contributed by atoms with Gasteiger partial charge in [-0.3, -0.25) is 4.79 Å². The molecule has 1 aromatic carbocycles. The third-order valence-electron chi connectivity index (χ3n) is 2.03. The van der Waals surface area contributed by atoms with Crippen LogP contribution in [-0.4, -0.2) is 25.7 Å². The number of ether oxygens (including phenoxy) is 1. The topological polar surface area (TPSA) is 64.4 Å². The number of rotatable bonds is 7. The molecule has 0 saturated heterocycles. The van der Waals surface area contributed by atoms with Gasteiger partial charge in [-0.25, -0.2) is 0 Å². The zero-order valence-corrected chi connectivity index (χ0v) is 10.7. The molecule has 1 rings (SSSR count). The summed E-state index contributed by atoms with van der Waals surface area (Å²) in [6, 6.07) is 5.37. The van der Waals surface area contributed by atoms with Gasteiger partial charge in [-0.05, 0) is 12.1 Å². The molecule has 17 heavy (non-hydrogen) atoms. The van der Waals surface area contributed by atoms with Crippen LogP contribution < -0.4 is 11.1 Å². The number of carbonyl (C=O) groups is 1. The zero-order valence-electron chi connectivity index (χ0n) is 9.21. The van der Waals surface area contributed by atoms with Crippen LogP contribution in [0.3, 0.4) is 0 Å². The van der Waals surface area contributed by atoms with Crippen LogP contribution in [0.4, 0.5) is 0 Å². The lowest BCUT2D eigenvalue weighted by molar-refractivity contribution is -0.122. The summed E-state index contributed by atoms with van der Waals surface area (Å²) in [5.74, 6) is -0.473. The summed E-state index contributed by atoms with van der Waals surface area (Å²) in [5, 5.41) is 4.37. The minimum absolute atomic E-state index is 0.0610. The second-order valence-corrected chi connectivity index (χ2v) is 4.21. The molecule has 0 atom stereocenters. The normalized spacial score (nSPS) is 10.5. The van der Waals surface area contributed by atoms with Crippen LogP contribution in [-0.2, 0) is 16.1 Å². The summed E-state index contributed by atoms with van der Waals surface area (Å²) in [4.78, 5) is 10.4. The van der Waals surface area contributed by atoms with Crippen LogP contribution in [0.5, 0.6) is 0 Å². The summed E-state index contributed by atoms with van der Waals surface area (Å²) < 4.78 is 4.99. The van der Waals surface area contributed by atoms with E-state index < -0.39 is 5.91 Å². The molecule has 0 aliphatic heterocycles. The van der Waals surface area contributed by atoms with Crippen molar-refractivity contribution in [3.8, 4) is 0 Å². The molecule has 0 radical (unpaired) electrons. The second-order valence-electron chi connectivity index (χ2n) is 3.40. The van der Waals surface area contributed by atoms with Crippen LogP contribution in [0.15, 0.2) is 18.2 Å². The van der Waals surface area contributed by atoms with E-state index in [-0.39, 0.29) is 6.61 Å². The molecule has 0 spiro atoms. The Labute approximate surface area is 110 Å². The first-order valence-electron chi connectivity index (χ1n) is 5.11. The van der Waals surface area contributed by atoms with E-state index in [9.17, 15) is 4.79 Å². The lowest BCUT2D eigenvalue weighted by Crippen LogP contribution is -2.23. The van der Waals surface area contributed by atoms with Gasteiger partial charge in [0, 0.05) is 28.7 Å².